The molecule has 40 heavy (non-hydrogen) atoms. The molecule has 0 aliphatic heterocycles. The van der Waals surface area contributed by atoms with Gasteiger partial charge < -0.3 is 30.6 Å². The highest BCUT2D eigenvalue weighted by Gasteiger charge is 1.92. The SMILES string of the molecule is C=C(C)C(=O)O.C=C(C)C(=O)O.C=C(C)C(=O)O.C=C(C)C(=O)O.C=C(C)C(=O)O.C=C(C)C(=O)O.C=CC=C. The second-order valence-electron chi connectivity index (χ2n) is 6.98. The van der Waals surface area contributed by atoms with Gasteiger partial charge in [0.25, 0.3) is 0 Å². The minimum atomic E-state index is -0.935. The molecule has 0 aromatic heterocycles. The topological polar surface area (TPSA) is 224 Å². The quantitative estimate of drug-likeness (QED) is 0.171. The van der Waals surface area contributed by atoms with Crippen LogP contribution >= 0.6 is 0 Å². The molecule has 0 saturated carbocycles. The van der Waals surface area contributed by atoms with Crippen molar-refractivity contribution in [3.63, 3.8) is 0 Å². The summed E-state index contributed by atoms with van der Waals surface area (Å²) in [5, 5.41) is 47.3. The highest BCUT2D eigenvalue weighted by molar-refractivity contribution is 5.86. The molecule has 226 valence electrons. The van der Waals surface area contributed by atoms with Crippen molar-refractivity contribution < 1.29 is 59.4 Å². The van der Waals surface area contributed by atoms with Gasteiger partial charge in [0, 0.05) is 33.4 Å². The third-order valence-electron chi connectivity index (χ3n) is 2.36. The van der Waals surface area contributed by atoms with Crippen LogP contribution in [0.25, 0.3) is 0 Å². The predicted molar refractivity (Wildman–Crippen MR) is 155 cm³/mol. The summed E-state index contributed by atoms with van der Waals surface area (Å²) < 4.78 is 0. The Balaban J connectivity index is -0.0000000637. The minimum absolute atomic E-state index is 0.176. The molecule has 12 nitrogen and oxygen atoms in total. The Hall–Kier alpha value is -5.26. The van der Waals surface area contributed by atoms with Crippen LogP contribution in [-0.2, 0) is 28.8 Å². The maximum atomic E-state index is 9.60. The first-order valence-corrected chi connectivity index (χ1v) is 10.3. The van der Waals surface area contributed by atoms with Crippen LogP contribution < -0.4 is 0 Å². The van der Waals surface area contributed by atoms with E-state index in [9.17, 15) is 28.8 Å². The van der Waals surface area contributed by atoms with Crippen molar-refractivity contribution >= 4 is 35.8 Å². The summed E-state index contributed by atoms with van der Waals surface area (Å²) in [4.78, 5) is 57.6. The van der Waals surface area contributed by atoms with E-state index >= 15 is 0 Å². The Morgan fingerprint density at radius 2 is 0.400 bits per heavy atom. The lowest BCUT2D eigenvalue weighted by Gasteiger charge is -1.79. The van der Waals surface area contributed by atoms with Crippen molar-refractivity contribution in [2.45, 2.75) is 41.5 Å². The molecule has 0 saturated heterocycles. The lowest BCUT2D eigenvalue weighted by atomic mass is 10.4. The Morgan fingerprint density at radius 3 is 0.400 bits per heavy atom. The van der Waals surface area contributed by atoms with Crippen molar-refractivity contribution in [3.05, 3.63) is 98.2 Å². The molecule has 0 aromatic rings. The highest BCUT2D eigenvalue weighted by Crippen LogP contribution is 1.83. The number of carboxylic acid groups (broad SMARTS) is 6. The van der Waals surface area contributed by atoms with Gasteiger partial charge in [-0.2, -0.15) is 0 Å². The second kappa shape index (κ2) is 33.7. The molecule has 6 N–H and O–H groups in total. The maximum Gasteiger partial charge on any atom is 0.330 e. The second-order valence-corrected chi connectivity index (χ2v) is 6.98. The fourth-order valence-electron chi connectivity index (χ4n) is 0. The van der Waals surface area contributed by atoms with E-state index in [2.05, 4.69) is 52.6 Å². The van der Waals surface area contributed by atoms with Crippen LogP contribution in [0.2, 0.25) is 0 Å². The number of hydrogen-bond donors (Lipinski definition) is 6. The van der Waals surface area contributed by atoms with Crippen LogP contribution in [0.4, 0.5) is 0 Å². The largest absolute Gasteiger partial charge is 0.478 e. The van der Waals surface area contributed by atoms with Crippen molar-refractivity contribution in [2.24, 2.45) is 0 Å². The summed E-state index contributed by atoms with van der Waals surface area (Å²) in [6.07, 6.45) is 3.28. The zero-order valence-corrected chi connectivity index (χ0v) is 23.9. The third kappa shape index (κ3) is 84.6. The molecule has 0 heterocycles. The Bertz CT molecular complexity index is 700. The summed E-state index contributed by atoms with van der Waals surface area (Å²) >= 11 is 0. The monoisotopic (exact) mass is 570 g/mol. The van der Waals surface area contributed by atoms with E-state index in [1.54, 1.807) is 12.2 Å². The van der Waals surface area contributed by atoms with E-state index in [0.717, 1.165) is 0 Å². The van der Waals surface area contributed by atoms with E-state index < -0.39 is 35.8 Å². The van der Waals surface area contributed by atoms with Gasteiger partial charge in [-0.15, -0.1) is 0 Å². The molecule has 0 spiro atoms. The van der Waals surface area contributed by atoms with Crippen LogP contribution in [0.3, 0.4) is 0 Å². The van der Waals surface area contributed by atoms with E-state index in [0.29, 0.717) is 0 Å². The van der Waals surface area contributed by atoms with Gasteiger partial charge in [-0.3, -0.25) is 0 Å². The molecule has 0 bridgehead atoms. The van der Waals surface area contributed by atoms with Gasteiger partial charge in [0.1, 0.15) is 0 Å². The van der Waals surface area contributed by atoms with Crippen LogP contribution in [0.15, 0.2) is 98.2 Å². The van der Waals surface area contributed by atoms with Gasteiger partial charge >= 0.3 is 35.8 Å². The fourth-order valence-corrected chi connectivity index (χ4v) is 0. The van der Waals surface area contributed by atoms with Gasteiger partial charge in [0.15, 0.2) is 0 Å². The highest BCUT2D eigenvalue weighted by atomic mass is 16.4. The zero-order chi connectivity index (χ0) is 34.3. The number of carbonyl (C=O) groups is 6. The molecule has 0 rings (SSSR count). The van der Waals surface area contributed by atoms with E-state index in [4.69, 9.17) is 30.6 Å². The van der Waals surface area contributed by atoms with Crippen molar-refractivity contribution in [3.8, 4) is 0 Å². The van der Waals surface area contributed by atoms with Gasteiger partial charge in [0.05, 0.1) is 0 Å². The molecule has 0 aromatic carbocycles. The lowest BCUT2D eigenvalue weighted by Crippen LogP contribution is -1.92. The summed E-state index contributed by atoms with van der Waals surface area (Å²) in [5.41, 5.74) is 1.06. The predicted octanol–water partition coefficient (Wildman–Crippen LogP) is 5.24. The third-order valence-corrected chi connectivity index (χ3v) is 2.36. The van der Waals surface area contributed by atoms with Crippen molar-refractivity contribution in [2.75, 3.05) is 0 Å². The molecule has 0 radical (unpaired) electrons. The number of aliphatic carboxylic acids is 6. The van der Waals surface area contributed by atoms with Crippen LogP contribution in [-0.4, -0.2) is 66.5 Å². The summed E-state index contributed by atoms with van der Waals surface area (Å²) in [6, 6.07) is 0. The Morgan fingerprint density at radius 1 is 0.350 bits per heavy atom. The average molecular weight is 571 g/mol. The van der Waals surface area contributed by atoms with E-state index in [-0.39, 0.29) is 33.4 Å². The van der Waals surface area contributed by atoms with Gasteiger partial charge in [-0.1, -0.05) is 64.8 Å². The van der Waals surface area contributed by atoms with Crippen molar-refractivity contribution in [1.29, 1.82) is 0 Å². The summed E-state index contributed by atoms with van der Waals surface area (Å²) in [5.74, 6) is -5.61. The van der Waals surface area contributed by atoms with Crippen LogP contribution in [0, 0.1) is 0 Å². The Kier molecular flexibility index (Phi) is 43.4. The molecule has 0 unspecified atom stereocenters. The molecular formula is C28H42O12. The van der Waals surface area contributed by atoms with Crippen LogP contribution in [0.1, 0.15) is 41.5 Å². The summed E-state index contributed by atoms with van der Waals surface area (Å²) in [6.45, 7) is 34.3. The molecule has 0 fully saturated rings. The zero-order valence-electron chi connectivity index (χ0n) is 23.9. The first-order chi connectivity index (χ1) is 17.8. The number of carboxylic acids is 6. The minimum Gasteiger partial charge on any atom is -0.478 e. The van der Waals surface area contributed by atoms with Crippen LogP contribution in [0.5, 0.6) is 0 Å². The Labute approximate surface area is 235 Å². The average Bonchev–Trinajstić information content (AvgIpc) is 2.80. The normalized spacial score (nSPS) is 7.25. The first-order valence-electron chi connectivity index (χ1n) is 10.3. The summed E-state index contributed by atoms with van der Waals surface area (Å²) in [7, 11) is 0. The van der Waals surface area contributed by atoms with E-state index in [1.807, 2.05) is 0 Å². The molecule has 0 aliphatic rings. The number of allylic oxidation sites excluding steroid dienone is 2. The van der Waals surface area contributed by atoms with E-state index in [1.165, 1.54) is 41.5 Å². The van der Waals surface area contributed by atoms with Crippen molar-refractivity contribution in [1.82, 2.24) is 0 Å². The maximum absolute atomic E-state index is 9.60. The number of hydrogen-bond acceptors (Lipinski definition) is 6. The molecule has 0 amide bonds. The number of rotatable bonds is 7. The fraction of sp³-hybridized carbons (Fsp3) is 0.214. The molecule has 12 heteroatoms. The van der Waals surface area contributed by atoms with Gasteiger partial charge in [-0.25, -0.2) is 28.8 Å². The lowest BCUT2D eigenvalue weighted by molar-refractivity contribution is -0.133. The molecule has 0 aliphatic carbocycles. The van der Waals surface area contributed by atoms with Gasteiger partial charge in [0.2, 0.25) is 0 Å². The standard InChI is InChI=1S/6C4H6O2.C4H6/c6*1-3(2)4(5)6;1-3-4-2/h6*1H2,2H3,(H,5,6);3-4H,1-2H2. The first kappa shape index (κ1) is 51.4. The smallest absolute Gasteiger partial charge is 0.330 e. The molecular weight excluding hydrogens is 528 g/mol. The van der Waals surface area contributed by atoms with Gasteiger partial charge in [-0.05, 0) is 41.5 Å². The molecule has 0 atom stereocenters.